The number of amides is 1. The summed E-state index contributed by atoms with van der Waals surface area (Å²) in [6.45, 7) is 1.60. The number of carboxylic acid groups (broad SMARTS) is 1. The summed E-state index contributed by atoms with van der Waals surface area (Å²) >= 11 is 0.981. The number of carbonyl (C=O) groups is 2. The first kappa shape index (κ1) is 13.2. The fourth-order valence-electron chi connectivity index (χ4n) is 1.66. The number of aromatic nitrogens is 1. The van der Waals surface area contributed by atoms with Gasteiger partial charge < -0.3 is 10.4 Å². The molecule has 0 spiro atoms. The molecule has 1 amide bonds. The van der Waals surface area contributed by atoms with Gasteiger partial charge in [0, 0.05) is 0 Å². The normalized spacial score (nSPS) is 10.2. The fraction of sp³-hybridized carbons (Fsp3) is 0.154. The molecule has 0 bridgehead atoms. The lowest BCUT2D eigenvalue weighted by molar-refractivity contribution is -0.115. The zero-order valence-corrected chi connectivity index (χ0v) is 11.0. The molecule has 0 atom stereocenters. The van der Waals surface area contributed by atoms with Gasteiger partial charge in [-0.05, 0) is 24.0 Å². The Kier molecular flexibility index (Phi) is 3.91. The summed E-state index contributed by atoms with van der Waals surface area (Å²) in [6.07, 6.45) is 0.205. The summed E-state index contributed by atoms with van der Waals surface area (Å²) in [5, 5.41) is 11.9. The van der Waals surface area contributed by atoms with Gasteiger partial charge in [-0.25, -0.2) is 4.79 Å². The summed E-state index contributed by atoms with van der Waals surface area (Å²) in [7, 11) is 0. The van der Waals surface area contributed by atoms with E-state index in [0.717, 1.165) is 17.1 Å². The van der Waals surface area contributed by atoms with Gasteiger partial charge in [0.2, 0.25) is 5.91 Å². The van der Waals surface area contributed by atoms with Crippen LogP contribution in [0.3, 0.4) is 0 Å². The third-order valence-corrected chi connectivity index (χ3v) is 3.39. The minimum Gasteiger partial charge on any atom is -0.478 e. The molecular weight excluding hydrogens is 264 g/mol. The Labute approximate surface area is 114 Å². The van der Waals surface area contributed by atoms with E-state index in [4.69, 9.17) is 5.11 Å². The van der Waals surface area contributed by atoms with E-state index < -0.39 is 5.97 Å². The molecule has 2 N–H and O–H groups in total. The number of nitrogens with one attached hydrogen (secondary N) is 1. The van der Waals surface area contributed by atoms with Crippen molar-refractivity contribution in [2.24, 2.45) is 0 Å². The lowest BCUT2D eigenvalue weighted by Crippen LogP contribution is -2.15. The second-order valence-electron chi connectivity index (χ2n) is 3.99. The lowest BCUT2D eigenvalue weighted by Gasteiger charge is -2.03. The summed E-state index contributed by atoms with van der Waals surface area (Å²) in [4.78, 5) is 22.9. The van der Waals surface area contributed by atoms with Crippen LogP contribution in [0.1, 0.15) is 21.6 Å². The number of carboxylic acids is 1. The number of carbonyl (C=O) groups excluding carboxylic acids is 1. The molecule has 2 rings (SSSR count). The maximum atomic E-state index is 11.8. The van der Waals surface area contributed by atoms with Gasteiger partial charge >= 0.3 is 5.97 Å². The molecule has 5 nitrogen and oxygen atoms in total. The Bertz CT molecular complexity index is 608. The topological polar surface area (TPSA) is 79.3 Å². The van der Waals surface area contributed by atoms with Gasteiger partial charge in [-0.3, -0.25) is 4.79 Å². The second kappa shape index (κ2) is 5.62. The largest absolute Gasteiger partial charge is 0.478 e. The molecule has 0 radical (unpaired) electrons. The van der Waals surface area contributed by atoms with Crippen LogP contribution in [0.4, 0.5) is 5.00 Å². The van der Waals surface area contributed by atoms with Crippen molar-refractivity contribution in [1.29, 1.82) is 0 Å². The number of anilines is 1. The van der Waals surface area contributed by atoms with E-state index in [2.05, 4.69) is 9.69 Å². The van der Waals surface area contributed by atoms with Gasteiger partial charge in [-0.1, -0.05) is 30.3 Å². The number of hydrogen-bond donors (Lipinski definition) is 2. The monoisotopic (exact) mass is 276 g/mol. The minimum absolute atomic E-state index is 0.0615. The average molecular weight is 276 g/mol. The Morgan fingerprint density at radius 3 is 2.63 bits per heavy atom. The van der Waals surface area contributed by atoms with Crippen molar-refractivity contribution in [3.63, 3.8) is 0 Å². The van der Waals surface area contributed by atoms with Gasteiger partial charge in [0.1, 0.15) is 10.6 Å². The highest BCUT2D eigenvalue weighted by molar-refractivity contribution is 7.11. The minimum atomic E-state index is -1.08. The molecule has 6 heteroatoms. The molecular formula is C13H12N2O3S. The van der Waals surface area contributed by atoms with Crippen molar-refractivity contribution in [1.82, 2.24) is 4.37 Å². The van der Waals surface area contributed by atoms with E-state index in [-0.39, 0.29) is 22.9 Å². The van der Waals surface area contributed by atoms with Crippen LogP contribution in [0.25, 0.3) is 0 Å². The Hall–Kier alpha value is -2.21. The number of benzene rings is 1. The smallest absolute Gasteiger partial charge is 0.340 e. The third kappa shape index (κ3) is 3.17. The van der Waals surface area contributed by atoms with E-state index in [1.54, 1.807) is 6.92 Å². The lowest BCUT2D eigenvalue weighted by atomic mass is 10.1. The molecule has 0 aliphatic heterocycles. The zero-order chi connectivity index (χ0) is 13.8. The van der Waals surface area contributed by atoms with Crippen LogP contribution in [0.15, 0.2) is 30.3 Å². The summed E-state index contributed by atoms with van der Waals surface area (Å²) in [5.41, 5.74) is 1.34. The molecule has 0 fully saturated rings. The number of aryl methyl sites for hydroxylation is 1. The van der Waals surface area contributed by atoms with Crippen LogP contribution in [0.5, 0.6) is 0 Å². The number of hydrogen-bond acceptors (Lipinski definition) is 4. The quantitative estimate of drug-likeness (QED) is 0.898. The Balaban J connectivity index is 2.10. The standard InChI is InChI=1S/C13H12N2O3S/c1-8-11(13(17)18)12(19-15-8)14-10(16)7-9-5-3-2-4-6-9/h2-6H,7H2,1H3,(H,14,16)(H,17,18). The second-order valence-corrected chi connectivity index (χ2v) is 4.76. The average Bonchev–Trinajstić information content (AvgIpc) is 2.71. The van der Waals surface area contributed by atoms with E-state index >= 15 is 0 Å². The van der Waals surface area contributed by atoms with Gasteiger partial charge in [-0.2, -0.15) is 4.37 Å². The number of nitrogens with zero attached hydrogens (tertiary/aromatic N) is 1. The van der Waals surface area contributed by atoms with Crippen LogP contribution in [0, 0.1) is 6.92 Å². The van der Waals surface area contributed by atoms with Crippen molar-refractivity contribution < 1.29 is 14.7 Å². The predicted molar refractivity (Wildman–Crippen MR) is 72.6 cm³/mol. The van der Waals surface area contributed by atoms with Crippen molar-refractivity contribution in [3.05, 3.63) is 47.2 Å². The first-order valence-electron chi connectivity index (χ1n) is 5.61. The molecule has 19 heavy (non-hydrogen) atoms. The molecule has 1 heterocycles. The third-order valence-electron chi connectivity index (χ3n) is 2.54. The highest BCUT2D eigenvalue weighted by atomic mass is 32.1. The van der Waals surface area contributed by atoms with Gasteiger partial charge in [0.15, 0.2) is 0 Å². The van der Waals surface area contributed by atoms with E-state index in [9.17, 15) is 9.59 Å². The van der Waals surface area contributed by atoms with Crippen molar-refractivity contribution in [2.45, 2.75) is 13.3 Å². The van der Waals surface area contributed by atoms with Crippen LogP contribution >= 0.6 is 11.5 Å². The zero-order valence-electron chi connectivity index (χ0n) is 10.2. The van der Waals surface area contributed by atoms with Crippen LogP contribution in [-0.2, 0) is 11.2 Å². The molecule has 0 aliphatic carbocycles. The van der Waals surface area contributed by atoms with E-state index in [1.807, 2.05) is 30.3 Å². The van der Waals surface area contributed by atoms with Crippen LogP contribution in [-0.4, -0.2) is 21.4 Å². The van der Waals surface area contributed by atoms with Crippen LogP contribution < -0.4 is 5.32 Å². The first-order chi connectivity index (χ1) is 9.08. The number of rotatable bonds is 4. The Morgan fingerprint density at radius 1 is 1.32 bits per heavy atom. The van der Waals surface area contributed by atoms with E-state index in [1.165, 1.54) is 0 Å². The van der Waals surface area contributed by atoms with Crippen molar-refractivity contribution >= 4 is 28.4 Å². The molecule has 98 valence electrons. The van der Waals surface area contributed by atoms with Crippen LogP contribution in [0.2, 0.25) is 0 Å². The van der Waals surface area contributed by atoms with Gasteiger partial charge in [0.25, 0.3) is 0 Å². The molecule has 2 aromatic rings. The molecule has 1 aromatic carbocycles. The molecule has 0 saturated carbocycles. The molecule has 1 aromatic heterocycles. The molecule has 0 saturated heterocycles. The summed E-state index contributed by atoms with van der Waals surface area (Å²) in [6, 6.07) is 9.26. The summed E-state index contributed by atoms with van der Waals surface area (Å²) in [5.74, 6) is -1.33. The molecule has 0 unspecified atom stereocenters. The van der Waals surface area contributed by atoms with Crippen molar-refractivity contribution in [2.75, 3.05) is 5.32 Å². The van der Waals surface area contributed by atoms with E-state index in [0.29, 0.717) is 5.69 Å². The fourth-order valence-corrected chi connectivity index (χ4v) is 2.46. The first-order valence-corrected chi connectivity index (χ1v) is 6.38. The van der Waals surface area contributed by atoms with Crippen molar-refractivity contribution in [3.8, 4) is 0 Å². The van der Waals surface area contributed by atoms with Gasteiger partial charge in [-0.15, -0.1) is 0 Å². The Morgan fingerprint density at radius 2 is 2.00 bits per heavy atom. The predicted octanol–water partition coefficient (Wildman–Crippen LogP) is 2.33. The number of aromatic carboxylic acids is 1. The maximum Gasteiger partial charge on any atom is 0.340 e. The maximum absolute atomic E-state index is 11.8. The highest BCUT2D eigenvalue weighted by Crippen LogP contribution is 2.24. The SMILES string of the molecule is Cc1nsc(NC(=O)Cc2ccccc2)c1C(=O)O. The van der Waals surface area contributed by atoms with Gasteiger partial charge in [0.05, 0.1) is 12.1 Å². The summed E-state index contributed by atoms with van der Waals surface area (Å²) < 4.78 is 3.94. The highest BCUT2D eigenvalue weighted by Gasteiger charge is 2.19. The molecule has 0 aliphatic rings.